The maximum atomic E-state index is 13.7. The molecule has 6 heteroatoms. The van der Waals surface area contributed by atoms with E-state index in [4.69, 9.17) is 4.74 Å². The van der Waals surface area contributed by atoms with Gasteiger partial charge in [0.1, 0.15) is 23.5 Å². The molecule has 1 aromatic carbocycles. The van der Waals surface area contributed by atoms with Crippen molar-refractivity contribution in [1.29, 1.82) is 0 Å². The molecule has 0 saturated heterocycles. The van der Waals surface area contributed by atoms with Crippen molar-refractivity contribution in [2.75, 3.05) is 11.9 Å². The van der Waals surface area contributed by atoms with Crippen LogP contribution in [0.3, 0.4) is 0 Å². The number of ether oxygens (including phenoxy) is 1. The van der Waals surface area contributed by atoms with Crippen molar-refractivity contribution in [2.24, 2.45) is 0 Å². The van der Waals surface area contributed by atoms with Gasteiger partial charge in [-0.3, -0.25) is 0 Å². The van der Waals surface area contributed by atoms with Crippen LogP contribution in [0.5, 0.6) is 5.88 Å². The fraction of sp³-hybridized carbons (Fsp3) is 0.188. The number of nitrogens with zero attached hydrogens (tertiary/aromatic N) is 3. The standard InChI is InChI=1S/C16H15FN4O/c1-2-22-16-11(5-4-8-18-16)9-19-15-12-6-3-7-13(17)14(12)20-10-21-15/h3-8,10H,2,9H2,1H3,(H,19,20,21). The molecule has 3 rings (SSSR count). The van der Waals surface area contributed by atoms with Crippen molar-refractivity contribution in [3.63, 3.8) is 0 Å². The molecule has 0 atom stereocenters. The Bertz CT molecular complexity index is 794. The third-order valence-corrected chi connectivity index (χ3v) is 3.19. The summed E-state index contributed by atoms with van der Waals surface area (Å²) < 4.78 is 19.2. The van der Waals surface area contributed by atoms with Gasteiger partial charge in [0, 0.05) is 23.7 Å². The molecule has 2 aromatic heterocycles. The zero-order chi connectivity index (χ0) is 15.4. The Balaban J connectivity index is 1.87. The average Bonchev–Trinajstić information content (AvgIpc) is 2.55. The Labute approximate surface area is 127 Å². The molecule has 0 amide bonds. The fourth-order valence-electron chi connectivity index (χ4n) is 2.20. The number of anilines is 1. The Morgan fingerprint density at radius 3 is 2.91 bits per heavy atom. The van der Waals surface area contributed by atoms with Gasteiger partial charge in [-0.25, -0.2) is 19.3 Å². The lowest BCUT2D eigenvalue weighted by molar-refractivity contribution is 0.323. The third-order valence-electron chi connectivity index (χ3n) is 3.19. The highest BCUT2D eigenvalue weighted by Crippen LogP contribution is 2.22. The molecular formula is C16H15FN4O. The van der Waals surface area contributed by atoms with Crippen LogP contribution in [-0.4, -0.2) is 21.6 Å². The lowest BCUT2D eigenvalue weighted by Crippen LogP contribution is -2.06. The minimum absolute atomic E-state index is 0.302. The van der Waals surface area contributed by atoms with Crippen molar-refractivity contribution in [2.45, 2.75) is 13.5 Å². The lowest BCUT2D eigenvalue weighted by atomic mass is 10.2. The Kier molecular flexibility index (Phi) is 4.09. The number of pyridine rings is 1. The second-order valence-corrected chi connectivity index (χ2v) is 4.61. The van der Waals surface area contributed by atoms with Crippen LogP contribution in [0.15, 0.2) is 42.9 Å². The van der Waals surface area contributed by atoms with Crippen molar-refractivity contribution >= 4 is 16.7 Å². The van der Waals surface area contributed by atoms with E-state index in [1.807, 2.05) is 19.1 Å². The molecule has 0 spiro atoms. The molecule has 22 heavy (non-hydrogen) atoms. The first-order chi connectivity index (χ1) is 10.8. The van der Waals surface area contributed by atoms with Crippen molar-refractivity contribution in [3.8, 4) is 5.88 Å². The first kappa shape index (κ1) is 14.2. The number of hydrogen-bond acceptors (Lipinski definition) is 5. The van der Waals surface area contributed by atoms with Crippen LogP contribution in [0, 0.1) is 5.82 Å². The molecule has 0 saturated carbocycles. The van der Waals surface area contributed by atoms with E-state index in [0.29, 0.717) is 35.8 Å². The van der Waals surface area contributed by atoms with E-state index < -0.39 is 0 Å². The summed E-state index contributed by atoms with van der Waals surface area (Å²) in [7, 11) is 0. The average molecular weight is 298 g/mol. The second-order valence-electron chi connectivity index (χ2n) is 4.61. The first-order valence-corrected chi connectivity index (χ1v) is 6.99. The molecule has 0 aliphatic heterocycles. The van der Waals surface area contributed by atoms with E-state index >= 15 is 0 Å². The number of aromatic nitrogens is 3. The first-order valence-electron chi connectivity index (χ1n) is 6.99. The molecule has 1 N–H and O–H groups in total. The predicted octanol–water partition coefficient (Wildman–Crippen LogP) is 3.17. The number of halogens is 1. The summed E-state index contributed by atoms with van der Waals surface area (Å²) in [5.41, 5.74) is 1.21. The van der Waals surface area contributed by atoms with Gasteiger partial charge >= 0.3 is 0 Å². The van der Waals surface area contributed by atoms with Crippen LogP contribution in [0.1, 0.15) is 12.5 Å². The summed E-state index contributed by atoms with van der Waals surface area (Å²) >= 11 is 0. The summed E-state index contributed by atoms with van der Waals surface area (Å²) in [6.07, 6.45) is 3.03. The number of nitrogens with one attached hydrogen (secondary N) is 1. The minimum atomic E-state index is -0.362. The summed E-state index contributed by atoms with van der Waals surface area (Å²) in [5.74, 6) is 0.803. The predicted molar refractivity (Wildman–Crippen MR) is 82.2 cm³/mol. The molecule has 3 aromatic rings. The summed E-state index contributed by atoms with van der Waals surface area (Å²) in [5, 5.41) is 3.84. The number of rotatable bonds is 5. The number of para-hydroxylation sites is 1. The summed E-state index contributed by atoms with van der Waals surface area (Å²) in [6.45, 7) is 2.93. The van der Waals surface area contributed by atoms with E-state index in [0.717, 1.165) is 5.56 Å². The van der Waals surface area contributed by atoms with Crippen LogP contribution >= 0.6 is 0 Å². The highest BCUT2D eigenvalue weighted by atomic mass is 19.1. The number of hydrogen-bond donors (Lipinski definition) is 1. The Morgan fingerprint density at radius 1 is 1.14 bits per heavy atom. The van der Waals surface area contributed by atoms with Gasteiger partial charge < -0.3 is 10.1 Å². The van der Waals surface area contributed by atoms with Crippen LogP contribution in [-0.2, 0) is 6.54 Å². The Hall–Kier alpha value is -2.76. The second kappa shape index (κ2) is 6.34. The molecule has 0 unspecified atom stereocenters. The Morgan fingerprint density at radius 2 is 2.05 bits per heavy atom. The molecule has 0 fully saturated rings. The zero-order valence-corrected chi connectivity index (χ0v) is 12.1. The van der Waals surface area contributed by atoms with Gasteiger partial charge in [-0.2, -0.15) is 0 Å². The molecule has 0 aliphatic carbocycles. The largest absolute Gasteiger partial charge is 0.478 e. The quantitative estimate of drug-likeness (QED) is 0.784. The van der Waals surface area contributed by atoms with Gasteiger partial charge in [0.2, 0.25) is 5.88 Å². The van der Waals surface area contributed by atoms with Gasteiger partial charge in [-0.15, -0.1) is 0 Å². The van der Waals surface area contributed by atoms with Gasteiger partial charge in [-0.1, -0.05) is 12.1 Å². The molecule has 5 nitrogen and oxygen atoms in total. The van der Waals surface area contributed by atoms with E-state index in [9.17, 15) is 4.39 Å². The van der Waals surface area contributed by atoms with Crippen LogP contribution in [0.2, 0.25) is 0 Å². The van der Waals surface area contributed by atoms with Gasteiger partial charge in [0.05, 0.1) is 6.61 Å². The minimum Gasteiger partial charge on any atom is -0.478 e. The molecule has 112 valence electrons. The van der Waals surface area contributed by atoms with Gasteiger partial charge in [0.15, 0.2) is 0 Å². The SMILES string of the molecule is CCOc1ncccc1CNc1ncnc2c(F)cccc12. The third kappa shape index (κ3) is 2.81. The zero-order valence-electron chi connectivity index (χ0n) is 12.1. The van der Waals surface area contributed by atoms with Crippen molar-refractivity contribution in [3.05, 3.63) is 54.2 Å². The van der Waals surface area contributed by atoms with Crippen LogP contribution < -0.4 is 10.1 Å². The highest BCUT2D eigenvalue weighted by Gasteiger charge is 2.09. The summed E-state index contributed by atoms with van der Waals surface area (Å²) in [4.78, 5) is 12.4. The van der Waals surface area contributed by atoms with Crippen LogP contribution in [0.4, 0.5) is 10.2 Å². The van der Waals surface area contributed by atoms with Crippen molar-refractivity contribution in [1.82, 2.24) is 15.0 Å². The van der Waals surface area contributed by atoms with E-state index in [-0.39, 0.29) is 5.82 Å². The fourth-order valence-corrected chi connectivity index (χ4v) is 2.20. The maximum Gasteiger partial charge on any atom is 0.218 e. The maximum absolute atomic E-state index is 13.7. The van der Waals surface area contributed by atoms with Gasteiger partial charge in [0.25, 0.3) is 0 Å². The normalized spacial score (nSPS) is 10.6. The molecule has 0 aliphatic rings. The van der Waals surface area contributed by atoms with E-state index in [1.54, 1.807) is 18.3 Å². The molecule has 2 heterocycles. The molecular weight excluding hydrogens is 283 g/mol. The smallest absolute Gasteiger partial charge is 0.218 e. The van der Waals surface area contributed by atoms with Crippen LogP contribution in [0.25, 0.3) is 10.9 Å². The summed E-state index contributed by atoms with van der Waals surface area (Å²) in [6, 6.07) is 8.58. The lowest BCUT2D eigenvalue weighted by Gasteiger charge is -2.11. The van der Waals surface area contributed by atoms with E-state index in [1.165, 1.54) is 12.4 Å². The topological polar surface area (TPSA) is 59.9 Å². The highest BCUT2D eigenvalue weighted by molar-refractivity contribution is 5.89. The number of benzene rings is 1. The molecule has 0 radical (unpaired) electrons. The number of fused-ring (bicyclic) bond motifs is 1. The monoisotopic (exact) mass is 298 g/mol. The molecule has 0 bridgehead atoms. The van der Waals surface area contributed by atoms with Crippen molar-refractivity contribution < 1.29 is 9.13 Å². The van der Waals surface area contributed by atoms with E-state index in [2.05, 4.69) is 20.3 Å². The van der Waals surface area contributed by atoms with Gasteiger partial charge in [-0.05, 0) is 25.1 Å².